The first kappa shape index (κ1) is 15.4. The maximum absolute atomic E-state index is 11.7. The van der Waals surface area contributed by atoms with Crippen molar-refractivity contribution in [3.8, 4) is 5.75 Å². The van der Waals surface area contributed by atoms with Gasteiger partial charge < -0.3 is 10.1 Å². The van der Waals surface area contributed by atoms with Crippen molar-refractivity contribution in [3.05, 3.63) is 28.2 Å². The van der Waals surface area contributed by atoms with E-state index in [9.17, 15) is 4.79 Å². The van der Waals surface area contributed by atoms with Crippen LogP contribution in [0.15, 0.2) is 18.2 Å². The summed E-state index contributed by atoms with van der Waals surface area (Å²) in [7, 11) is 0. The van der Waals surface area contributed by atoms with Crippen LogP contribution in [-0.4, -0.2) is 24.4 Å². The average Bonchev–Trinajstić information content (AvgIpc) is 2.32. The van der Waals surface area contributed by atoms with Crippen LogP contribution in [0.5, 0.6) is 5.75 Å². The number of halogens is 3. The van der Waals surface area contributed by atoms with E-state index in [4.69, 9.17) is 39.5 Å². The number of nitrogens with one attached hydrogen (secondary N) is 1. The molecule has 1 unspecified atom stereocenters. The highest BCUT2D eigenvalue weighted by molar-refractivity contribution is 6.35. The zero-order chi connectivity index (χ0) is 13.5. The van der Waals surface area contributed by atoms with E-state index in [-0.39, 0.29) is 5.91 Å². The normalized spacial score (nSPS) is 12.0. The molecule has 0 bridgehead atoms. The van der Waals surface area contributed by atoms with Crippen LogP contribution in [0.4, 0.5) is 0 Å². The van der Waals surface area contributed by atoms with E-state index >= 15 is 0 Å². The van der Waals surface area contributed by atoms with Crippen LogP contribution in [0.2, 0.25) is 10.0 Å². The molecule has 0 heterocycles. The van der Waals surface area contributed by atoms with Gasteiger partial charge in [0.25, 0.3) is 5.91 Å². The van der Waals surface area contributed by atoms with Crippen LogP contribution in [0.3, 0.4) is 0 Å². The molecule has 1 aromatic carbocycles. The molecule has 1 aromatic rings. The third kappa shape index (κ3) is 4.92. The van der Waals surface area contributed by atoms with Gasteiger partial charge in [0.15, 0.2) is 6.10 Å². The van der Waals surface area contributed by atoms with E-state index in [1.807, 2.05) is 0 Å². The Morgan fingerprint density at radius 3 is 2.78 bits per heavy atom. The van der Waals surface area contributed by atoms with Gasteiger partial charge in [0.2, 0.25) is 0 Å². The maximum Gasteiger partial charge on any atom is 0.260 e. The molecule has 0 spiro atoms. The molecular weight excluding hydrogens is 296 g/mol. The molecule has 1 atom stereocenters. The standard InChI is InChI=1S/C12H14Cl3NO2/c1-8(12(17)16-6-2-5-13)18-11-4-3-9(14)7-10(11)15/h3-4,7-8H,2,5-6H2,1H3,(H,16,17). The molecule has 0 fully saturated rings. The Bertz CT molecular complexity index is 412. The van der Waals surface area contributed by atoms with Gasteiger partial charge in [-0.25, -0.2) is 0 Å². The highest BCUT2D eigenvalue weighted by Crippen LogP contribution is 2.28. The van der Waals surface area contributed by atoms with Gasteiger partial charge in [0, 0.05) is 17.4 Å². The molecule has 0 aliphatic carbocycles. The highest BCUT2D eigenvalue weighted by atomic mass is 35.5. The first-order valence-electron chi connectivity index (χ1n) is 5.50. The Morgan fingerprint density at radius 1 is 1.44 bits per heavy atom. The molecule has 6 heteroatoms. The van der Waals surface area contributed by atoms with Gasteiger partial charge in [0.05, 0.1) is 5.02 Å². The van der Waals surface area contributed by atoms with Crippen LogP contribution in [-0.2, 0) is 4.79 Å². The van der Waals surface area contributed by atoms with Crippen LogP contribution >= 0.6 is 34.8 Å². The molecule has 1 rings (SSSR count). The lowest BCUT2D eigenvalue weighted by molar-refractivity contribution is -0.127. The molecule has 0 aromatic heterocycles. The quantitative estimate of drug-likeness (QED) is 0.645. The summed E-state index contributed by atoms with van der Waals surface area (Å²) in [4.78, 5) is 11.7. The third-order valence-corrected chi connectivity index (χ3v) is 2.97. The third-order valence-electron chi connectivity index (χ3n) is 2.18. The Morgan fingerprint density at radius 2 is 2.17 bits per heavy atom. The van der Waals surface area contributed by atoms with Gasteiger partial charge in [-0.2, -0.15) is 0 Å². The topological polar surface area (TPSA) is 38.3 Å². The lowest BCUT2D eigenvalue weighted by atomic mass is 10.3. The summed E-state index contributed by atoms with van der Waals surface area (Å²) in [5.74, 6) is 0.741. The van der Waals surface area contributed by atoms with Crippen molar-refractivity contribution in [2.75, 3.05) is 12.4 Å². The molecule has 0 aliphatic rings. The van der Waals surface area contributed by atoms with Crippen LogP contribution in [0, 0.1) is 0 Å². The average molecular weight is 311 g/mol. The molecule has 0 radical (unpaired) electrons. The van der Waals surface area contributed by atoms with Crippen molar-refractivity contribution in [1.29, 1.82) is 0 Å². The summed E-state index contributed by atoms with van der Waals surface area (Å²) in [6, 6.07) is 4.85. The van der Waals surface area contributed by atoms with Gasteiger partial charge in [-0.15, -0.1) is 11.6 Å². The number of rotatable bonds is 6. The van der Waals surface area contributed by atoms with Crippen LogP contribution in [0.25, 0.3) is 0 Å². The lowest BCUT2D eigenvalue weighted by Gasteiger charge is -2.15. The zero-order valence-electron chi connectivity index (χ0n) is 9.88. The predicted molar refractivity (Wildman–Crippen MR) is 74.9 cm³/mol. The van der Waals surface area contributed by atoms with Crippen molar-refractivity contribution < 1.29 is 9.53 Å². The van der Waals surface area contributed by atoms with E-state index in [0.717, 1.165) is 6.42 Å². The second kappa shape index (κ2) is 7.72. The van der Waals surface area contributed by atoms with Crippen molar-refractivity contribution >= 4 is 40.7 Å². The molecule has 0 saturated heterocycles. The summed E-state index contributed by atoms with van der Waals surface area (Å²) < 4.78 is 5.46. The minimum absolute atomic E-state index is 0.203. The molecule has 100 valence electrons. The van der Waals surface area contributed by atoms with Crippen molar-refractivity contribution in [2.45, 2.75) is 19.4 Å². The highest BCUT2D eigenvalue weighted by Gasteiger charge is 2.15. The van der Waals surface area contributed by atoms with Crippen LogP contribution < -0.4 is 10.1 Å². The van der Waals surface area contributed by atoms with E-state index < -0.39 is 6.10 Å². The van der Waals surface area contributed by atoms with Crippen molar-refractivity contribution in [1.82, 2.24) is 5.32 Å². The van der Waals surface area contributed by atoms with Gasteiger partial charge >= 0.3 is 0 Å². The lowest BCUT2D eigenvalue weighted by Crippen LogP contribution is -2.36. The van der Waals surface area contributed by atoms with E-state index in [2.05, 4.69) is 5.32 Å². The number of alkyl halides is 1. The Labute approximate surface area is 121 Å². The number of hydrogen-bond donors (Lipinski definition) is 1. The van der Waals surface area contributed by atoms with Gasteiger partial charge in [-0.3, -0.25) is 4.79 Å². The second-order valence-electron chi connectivity index (χ2n) is 3.67. The van der Waals surface area contributed by atoms with E-state index in [1.165, 1.54) is 0 Å². The van der Waals surface area contributed by atoms with Crippen molar-refractivity contribution in [2.24, 2.45) is 0 Å². The summed E-state index contributed by atoms with van der Waals surface area (Å²) in [6.45, 7) is 2.19. The molecule has 18 heavy (non-hydrogen) atoms. The number of ether oxygens (including phenoxy) is 1. The number of amides is 1. The fourth-order valence-electron chi connectivity index (χ4n) is 1.24. The Balaban J connectivity index is 2.53. The second-order valence-corrected chi connectivity index (χ2v) is 4.89. The van der Waals surface area contributed by atoms with Crippen LogP contribution in [0.1, 0.15) is 13.3 Å². The molecular formula is C12H14Cl3NO2. The predicted octanol–water partition coefficient (Wildman–Crippen LogP) is 3.51. The number of benzene rings is 1. The SMILES string of the molecule is CC(Oc1ccc(Cl)cc1Cl)C(=O)NCCCCl. The summed E-state index contributed by atoms with van der Waals surface area (Å²) in [5, 5.41) is 3.61. The van der Waals surface area contributed by atoms with Gasteiger partial charge in [-0.1, -0.05) is 23.2 Å². The zero-order valence-corrected chi connectivity index (χ0v) is 12.1. The number of carbonyl (C=O) groups is 1. The molecule has 1 N–H and O–H groups in total. The minimum atomic E-state index is -0.626. The molecule has 0 aliphatic heterocycles. The monoisotopic (exact) mass is 309 g/mol. The fraction of sp³-hybridized carbons (Fsp3) is 0.417. The summed E-state index contributed by atoms with van der Waals surface area (Å²) >= 11 is 17.2. The fourth-order valence-corrected chi connectivity index (χ4v) is 1.82. The van der Waals surface area contributed by atoms with Gasteiger partial charge in [-0.05, 0) is 31.5 Å². The van der Waals surface area contributed by atoms with Gasteiger partial charge in [0.1, 0.15) is 5.75 Å². The molecule has 0 saturated carbocycles. The minimum Gasteiger partial charge on any atom is -0.479 e. The van der Waals surface area contributed by atoms with Crippen molar-refractivity contribution in [3.63, 3.8) is 0 Å². The smallest absolute Gasteiger partial charge is 0.260 e. The summed E-state index contributed by atoms with van der Waals surface area (Å²) in [5.41, 5.74) is 0. The first-order valence-corrected chi connectivity index (χ1v) is 6.79. The Hall–Kier alpha value is -0.640. The summed E-state index contributed by atoms with van der Waals surface area (Å²) in [6.07, 6.45) is 0.0980. The molecule has 3 nitrogen and oxygen atoms in total. The van der Waals surface area contributed by atoms with E-state index in [1.54, 1.807) is 25.1 Å². The first-order chi connectivity index (χ1) is 8.54. The maximum atomic E-state index is 11.7. The Kier molecular flexibility index (Phi) is 6.61. The van der Waals surface area contributed by atoms with E-state index in [0.29, 0.717) is 28.2 Å². The number of hydrogen-bond acceptors (Lipinski definition) is 2. The molecule has 1 amide bonds. The number of carbonyl (C=O) groups excluding carboxylic acids is 1. The largest absolute Gasteiger partial charge is 0.479 e.